The summed E-state index contributed by atoms with van der Waals surface area (Å²) in [5.74, 6) is -7.87. The third kappa shape index (κ3) is 3.89. The molecule has 1 saturated carbocycles. The molecule has 230 valence electrons. The van der Waals surface area contributed by atoms with Gasteiger partial charge in [0, 0.05) is 23.6 Å². The lowest BCUT2D eigenvalue weighted by atomic mass is 9.56. The number of carbonyl (C=O) groups is 5. The molecule has 2 aromatic carbocycles. The van der Waals surface area contributed by atoms with Gasteiger partial charge in [0.25, 0.3) is 11.8 Å². The number of rotatable bonds is 6. The average Bonchev–Trinajstić information content (AvgIpc) is 3.34. The molecule has 0 aromatic heterocycles. The van der Waals surface area contributed by atoms with E-state index in [-0.39, 0.29) is 52.4 Å². The molecule has 2 N–H and O–H groups in total. The highest BCUT2D eigenvalue weighted by molar-refractivity contribution is 9.09. The molecule has 11 nitrogen and oxygen atoms in total. The van der Waals surface area contributed by atoms with Crippen LogP contribution in [0.5, 0.6) is 17.2 Å². The Balaban J connectivity index is 1.55. The van der Waals surface area contributed by atoms with Crippen LogP contribution in [0.1, 0.15) is 34.7 Å². The van der Waals surface area contributed by atoms with E-state index >= 15 is 0 Å². The van der Waals surface area contributed by atoms with E-state index < -0.39 is 63.0 Å². The van der Waals surface area contributed by atoms with Crippen molar-refractivity contribution in [2.45, 2.75) is 28.5 Å². The minimum Gasteiger partial charge on any atom is -0.507 e. The summed E-state index contributed by atoms with van der Waals surface area (Å²) in [5.41, 5.74) is 0.322. The largest absolute Gasteiger partial charge is 0.507 e. The number of methoxy groups -OCH3 is 2. The molecule has 14 heteroatoms. The van der Waals surface area contributed by atoms with Crippen LogP contribution in [0.15, 0.2) is 48.0 Å². The van der Waals surface area contributed by atoms with Crippen LogP contribution in [0, 0.1) is 17.8 Å². The average molecular weight is 708 g/mol. The van der Waals surface area contributed by atoms with E-state index in [1.807, 2.05) is 0 Å². The van der Waals surface area contributed by atoms with E-state index in [4.69, 9.17) is 32.7 Å². The van der Waals surface area contributed by atoms with Gasteiger partial charge in [-0.1, -0.05) is 33.6 Å². The predicted molar refractivity (Wildman–Crippen MR) is 160 cm³/mol. The van der Waals surface area contributed by atoms with Crippen molar-refractivity contribution in [2.75, 3.05) is 24.6 Å². The molecule has 3 fully saturated rings. The molecule has 2 aliphatic carbocycles. The van der Waals surface area contributed by atoms with E-state index in [0.29, 0.717) is 5.57 Å². The number of benzene rings is 2. The normalized spacial score (nSPS) is 31.0. The van der Waals surface area contributed by atoms with E-state index in [1.165, 1.54) is 50.6 Å². The van der Waals surface area contributed by atoms with Crippen molar-refractivity contribution in [1.29, 1.82) is 0 Å². The summed E-state index contributed by atoms with van der Waals surface area (Å²) in [7, 11) is 2.75. The Hall–Kier alpha value is -3.61. The zero-order chi connectivity index (χ0) is 31.9. The molecule has 2 saturated heterocycles. The number of aromatic hydroxyl groups is 1. The highest BCUT2D eigenvalue weighted by atomic mass is 79.9. The fraction of sp³-hybridized carbons (Fsp3) is 0.367. The maximum Gasteiger partial charge on any atom is 0.335 e. The standard InChI is InChI=1S/C30H25BrCl2N2O9/c1-43-15-9-19(36)22(20(10-15)44-2)23-16-6-7-17-21(18(16)11-29(32)27(41)34(12-31)28(42)30(23,29)33)25(38)35(24(17)37)14-5-3-4-13(8-14)26(39)40/h3-6,8-10,17-18,21,23,36H,7,11-12H2,1-2H3,(H,39,40)/t17-,18+,21-,23+,29+,30-/m0/s1. The summed E-state index contributed by atoms with van der Waals surface area (Å²) in [6.45, 7) is 0. The number of anilines is 1. The van der Waals surface area contributed by atoms with Crippen LogP contribution in [0.2, 0.25) is 0 Å². The van der Waals surface area contributed by atoms with Gasteiger partial charge in [0.15, 0.2) is 9.75 Å². The van der Waals surface area contributed by atoms with Gasteiger partial charge in [-0.05, 0) is 37.0 Å². The Bertz CT molecular complexity index is 1700. The Morgan fingerprint density at radius 3 is 2.41 bits per heavy atom. The maximum absolute atomic E-state index is 14.1. The molecule has 6 atom stereocenters. The molecule has 0 unspecified atom stereocenters. The number of hydrogen-bond donors (Lipinski definition) is 2. The second kappa shape index (κ2) is 10.5. The summed E-state index contributed by atoms with van der Waals surface area (Å²) in [6.07, 6.45) is 1.55. The number of alkyl halides is 3. The quantitative estimate of drug-likeness (QED) is 0.196. The molecule has 0 spiro atoms. The lowest BCUT2D eigenvalue weighted by Crippen LogP contribution is -2.60. The number of nitrogens with zero attached hydrogens (tertiary/aromatic N) is 2. The summed E-state index contributed by atoms with van der Waals surface area (Å²) in [5, 5.41) is 20.8. The molecular formula is C30H25BrCl2N2O9. The van der Waals surface area contributed by atoms with Crippen LogP contribution in [0.3, 0.4) is 0 Å². The lowest BCUT2D eigenvalue weighted by Gasteiger charge is -2.51. The number of likely N-dealkylation sites (tertiary alicyclic amines) is 1. The number of phenolic OH excluding ortho intramolecular Hbond substituents is 1. The molecular weight excluding hydrogens is 683 g/mol. The van der Waals surface area contributed by atoms with Gasteiger partial charge in [0.2, 0.25) is 11.8 Å². The van der Waals surface area contributed by atoms with Gasteiger partial charge in [0.1, 0.15) is 17.2 Å². The number of carboxylic acids is 1. The van der Waals surface area contributed by atoms with Crippen LogP contribution < -0.4 is 14.4 Å². The van der Waals surface area contributed by atoms with Crippen molar-refractivity contribution >= 4 is 74.4 Å². The van der Waals surface area contributed by atoms with Crippen molar-refractivity contribution in [3.8, 4) is 17.2 Å². The first kappa shape index (κ1) is 30.4. The third-order valence-corrected chi connectivity index (χ3v) is 11.1. The molecule has 4 aliphatic rings. The molecule has 2 aliphatic heterocycles. The Morgan fingerprint density at radius 1 is 1.05 bits per heavy atom. The highest BCUT2D eigenvalue weighted by Crippen LogP contribution is 2.67. The lowest BCUT2D eigenvalue weighted by molar-refractivity contribution is -0.138. The number of hydrogen-bond acceptors (Lipinski definition) is 8. The molecule has 4 amide bonds. The summed E-state index contributed by atoms with van der Waals surface area (Å²) in [6, 6.07) is 8.30. The molecule has 2 heterocycles. The van der Waals surface area contributed by atoms with Crippen molar-refractivity contribution < 1.29 is 43.7 Å². The van der Waals surface area contributed by atoms with E-state index in [9.17, 15) is 34.2 Å². The smallest absolute Gasteiger partial charge is 0.335 e. The van der Waals surface area contributed by atoms with Crippen molar-refractivity contribution in [3.63, 3.8) is 0 Å². The fourth-order valence-electron chi connectivity index (χ4n) is 7.27. The fourth-order valence-corrected chi connectivity index (χ4v) is 8.68. The number of amides is 4. The van der Waals surface area contributed by atoms with Gasteiger partial charge in [-0.3, -0.25) is 29.0 Å². The minimum atomic E-state index is -2.14. The Kier molecular flexibility index (Phi) is 7.25. The second-order valence-corrected chi connectivity index (χ2v) is 12.9. The number of carbonyl (C=O) groups excluding carboxylic acids is 4. The van der Waals surface area contributed by atoms with Gasteiger partial charge in [-0.15, -0.1) is 23.2 Å². The highest BCUT2D eigenvalue weighted by Gasteiger charge is 2.76. The zero-order valence-corrected chi connectivity index (χ0v) is 26.4. The zero-order valence-electron chi connectivity index (χ0n) is 23.3. The van der Waals surface area contributed by atoms with Crippen LogP contribution in [-0.2, 0) is 19.2 Å². The number of phenols is 1. The first-order chi connectivity index (χ1) is 20.8. The number of allylic oxidation sites excluding steroid dienone is 2. The third-order valence-electron chi connectivity index (χ3n) is 9.20. The summed E-state index contributed by atoms with van der Waals surface area (Å²) >= 11 is 17.6. The SMILES string of the molecule is COc1cc(O)c([C@H]2C3=CC[C@@H]4C(=O)N(c5cccc(C(=O)O)c5)C(=O)[C@@H]4[C@@H]3C[C@@]3(Cl)C(=O)N(CBr)C(=O)[C@@]23Cl)c(OC)c1. The molecule has 6 rings (SSSR count). The topological polar surface area (TPSA) is 151 Å². The van der Waals surface area contributed by atoms with E-state index in [1.54, 1.807) is 6.08 Å². The van der Waals surface area contributed by atoms with E-state index in [2.05, 4.69) is 15.9 Å². The molecule has 44 heavy (non-hydrogen) atoms. The molecule has 0 bridgehead atoms. The number of carboxylic acid groups (broad SMARTS) is 1. The van der Waals surface area contributed by atoms with Gasteiger partial charge in [-0.25, -0.2) is 4.79 Å². The van der Waals surface area contributed by atoms with Gasteiger partial charge in [-0.2, -0.15) is 0 Å². The Morgan fingerprint density at radius 2 is 1.77 bits per heavy atom. The van der Waals surface area contributed by atoms with Crippen LogP contribution in [0.4, 0.5) is 5.69 Å². The van der Waals surface area contributed by atoms with Gasteiger partial charge in [0.05, 0.1) is 42.8 Å². The monoisotopic (exact) mass is 706 g/mol. The van der Waals surface area contributed by atoms with Crippen molar-refractivity contribution in [3.05, 3.63) is 59.2 Å². The van der Waals surface area contributed by atoms with Gasteiger partial charge < -0.3 is 19.7 Å². The summed E-state index contributed by atoms with van der Waals surface area (Å²) in [4.78, 5) is 64.9. The molecule has 2 aromatic rings. The van der Waals surface area contributed by atoms with Crippen LogP contribution in [0.25, 0.3) is 0 Å². The number of fused-ring (bicyclic) bond motifs is 4. The summed E-state index contributed by atoms with van der Waals surface area (Å²) < 4.78 is 10.9. The molecule has 0 radical (unpaired) electrons. The number of imide groups is 2. The van der Waals surface area contributed by atoms with E-state index in [0.717, 1.165) is 9.80 Å². The van der Waals surface area contributed by atoms with Crippen LogP contribution >= 0.6 is 39.1 Å². The number of aromatic carboxylic acids is 1. The Labute approximate surface area is 269 Å². The second-order valence-electron chi connectivity index (χ2n) is 11.1. The maximum atomic E-state index is 14.1. The van der Waals surface area contributed by atoms with Gasteiger partial charge >= 0.3 is 5.97 Å². The first-order valence-electron chi connectivity index (χ1n) is 13.5. The first-order valence-corrected chi connectivity index (χ1v) is 15.4. The predicted octanol–water partition coefficient (Wildman–Crippen LogP) is 4.02. The van der Waals surface area contributed by atoms with Crippen molar-refractivity contribution in [2.24, 2.45) is 17.8 Å². The number of ether oxygens (including phenoxy) is 2. The number of halogens is 3. The van der Waals surface area contributed by atoms with Crippen LogP contribution in [-0.4, -0.2) is 74.1 Å². The minimum absolute atomic E-state index is 0.0723. The van der Waals surface area contributed by atoms with Crippen molar-refractivity contribution in [1.82, 2.24) is 4.90 Å².